The highest BCUT2D eigenvalue weighted by Gasteiger charge is 2.16. The Balaban J connectivity index is 1.92. The third kappa shape index (κ3) is 7.67. The summed E-state index contributed by atoms with van der Waals surface area (Å²) in [5.41, 5.74) is 0. The lowest BCUT2D eigenvalue weighted by atomic mass is 10.1. The first-order valence-corrected chi connectivity index (χ1v) is 7.17. The fourth-order valence-electron chi connectivity index (χ4n) is 2.21. The third-order valence-corrected chi connectivity index (χ3v) is 3.27. The highest BCUT2D eigenvalue weighted by Crippen LogP contribution is 2.17. The molecule has 1 aliphatic rings. The van der Waals surface area contributed by atoms with E-state index in [9.17, 15) is 4.79 Å². The predicted molar refractivity (Wildman–Crippen MR) is 69.5 cm³/mol. The lowest BCUT2D eigenvalue weighted by molar-refractivity contribution is -0.185. The van der Waals surface area contributed by atoms with Gasteiger partial charge in [0, 0.05) is 13.0 Å². The van der Waals surface area contributed by atoms with Crippen molar-refractivity contribution in [2.75, 3.05) is 6.61 Å². The second kappa shape index (κ2) is 9.34. The SMILES string of the molecule is CC(CCCCCCC(=O)O)OC1CCCCO1. The number of ether oxygens (including phenoxy) is 2. The lowest BCUT2D eigenvalue weighted by Gasteiger charge is -2.26. The molecule has 0 aromatic carbocycles. The van der Waals surface area contributed by atoms with Crippen molar-refractivity contribution in [2.45, 2.75) is 77.1 Å². The Hall–Kier alpha value is -0.610. The Morgan fingerprint density at radius 2 is 2.11 bits per heavy atom. The van der Waals surface area contributed by atoms with Gasteiger partial charge < -0.3 is 14.6 Å². The van der Waals surface area contributed by atoms with Gasteiger partial charge in [0.2, 0.25) is 0 Å². The molecule has 0 spiro atoms. The molecule has 4 heteroatoms. The standard InChI is InChI=1S/C14H26O4/c1-12(18-14-10-6-7-11-17-14)8-4-2-3-5-9-13(15)16/h12,14H,2-11H2,1H3,(H,15,16). The first kappa shape index (κ1) is 15.4. The van der Waals surface area contributed by atoms with Crippen LogP contribution < -0.4 is 0 Å². The normalized spacial score (nSPS) is 21.7. The highest BCUT2D eigenvalue weighted by molar-refractivity contribution is 5.66. The van der Waals surface area contributed by atoms with Gasteiger partial charge in [-0.2, -0.15) is 0 Å². The summed E-state index contributed by atoms with van der Waals surface area (Å²) in [6.45, 7) is 2.92. The molecule has 4 nitrogen and oxygen atoms in total. The average molecular weight is 258 g/mol. The third-order valence-electron chi connectivity index (χ3n) is 3.27. The molecular weight excluding hydrogens is 232 g/mol. The average Bonchev–Trinajstić information content (AvgIpc) is 2.34. The maximum atomic E-state index is 10.3. The number of hydrogen-bond donors (Lipinski definition) is 1. The smallest absolute Gasteiger partial charge is 0.303 e. The Bertz CT molecular complexity index is 224. The molecule has 0 radical (unpaired) electrons. The van der Waals surface area contributed by atoms with E-state index in [1.54, 1.807) is 0 Å². The van der Waals surface area contributed by atoms with Crippen molar-refractivity contribution in [3.63, 3.8) is 0 Å². The van der Waals surface area contributed by atoms with E-state index in [2.05, 4.69) is 6.92 Å². The van der Waals surface area contributed by atoms with Gasteiger partial charge in [0.1, 0.15) is 0 Å². The summed E-state index contributed by atoms with van der Waals surface area (Å²) in [7, 11) is 0. The molecule has 0 bridgehead atoms. The van der Waals surface area contributed by atoms with E-state index < -0.39 is 5.97 Å². The molecule has 2 unspecified atom stereocenters. The van der Waals surface area contributed by atoms with Crippen molar-refractivity contribution in [3.05, 3.63) is 0 Å². The summed E-state index contributed by atoms with van der Waals surface area (Å²) < 4.78 is 11.4. The molecule has 106 valence electrons. The zero-order valence-corrected chi connectivity index (χ0v) is 11.4. The fourth-order valence-corrected chi connectivity index (χ4v) is 2.21. The number of hydrogen-bond acceptors (Lipinski definition) is 3. The van der Waals surface area contributed by atoms with E-state index in [1.807, 2.05) is 0 Å². The minimum Gasteiger partial charge on any atom is -0.481 e. The summed E-state index contributed by atoms with van der Waals surface area (Å²) in [4.78, 5) is 10.3. The van der Waals surface area contributed by atoms with Gasteiger partial charge in [-0.15, -0.1) is 0 Å². The molecular formula is C14H26O4. The van der Waals surface area contributed by atoms with E-state index in [-0.39, 0.29) is 12.4 Å². The minimum absolute atomic E-state index is 0.000704. The fraction of sp³-hybridized carbons (Fsp3) is 0.929. The molecule has 1 aliphatic heterocycles. The molecule has 1 rings (SSSR count). The van der Waals surface area contributed by atoms with Crippen molar-refractivity contribution in [1.82, 2.24) is 0 Å². The van der Waals surface area contributed by atoms with E-state index in [0.29, 0.717) is 6.42 Å². The maximum Gasteiger partial charge on any atom is 0.303 e. The topological polar surface area (TPSA) is 55.8 Å². The summed E-state index contributed by atoms with van der Waals surface area (Å²) in [5, 5.41) is 8.51. The number of carbonyl (C=O) groups is 1. The Morgan fingerprint density at radius 3 is 2.78 bits per heavy atom. The van der Waals surface area contributed by atoms with Crippen LogP contribution in [0.25, 0.3) is 0 Å². The lowest BCUT2D eigenvalue weighted by Crippen LogP contribution is -2.26. The first-order chi connectivity index (χ1) is 8.68. The molecule has 0 aliphatic carbocycles. The van der Waals surface area contributed by atoms with Gasteiger partial charge in [0.05, 0.1) is 6.10 Å². The van der Waals surface area contributed by atoms with Gasteiger partial charge in [-0.1, -0.05) is 19.3 Å². The summed E-state index contributed by atoms with van der Waals surface area (Å²) >= 11 is 0. The van der Waals surface area contributed by atoms with Crippen LogP contribution in [0.1, 0.15) is 64.7 Å². The molecule has 1 heterocycles. The van der Waals surface area contributed by atoms with Crippen molar-refractivity contribution in [3.8, 4) is 0 Å². The number of unbranched alkanes of at least 4 members (excludes halogenated alkanes) is 3. The Labute approximate surface area is 110 Å². The first-order valence-electron chi connectivity index (χ1n) is 7.17. The Morgan fingerprint density at radius 1 is 1.33 bits per heavy atom. The van der Waals surface area contributed by atoms with Gasteiger partial charge in [0.15, 0.2) is 6.29 Å². The Kier molecular flexibility index (Phi) is 8.01. The van der Waals surface area contributed by atoms with Crippen molar-refractivity contribution in [1.29, 1.82) is 0 Å². The zero-order valence-electron chi connectivity index (χ0n) is 11.4. The number of rotatable bonds is 9. The van der Waals surface area contributed by atoms with E-state index >= 15 is 0 Å². The van der Waals surface area contributed by atoms with Crippen LogP contribution in [0.15, 0.2) is 0 Å². The molecule has 1 saturated heterocycles. The zero-order chi connectivity index (χ0) is 13.2. The minimum atomic E-state index is -0.693. The van der Waals surface area contributed by atoms with Crippen LogP contribution in [0, 0.1) is 0 Å². The van der Waals surface area contributed by atoms with Crippen LogP contribution >= 0.6 is 0 Å². The van der Waals surface area contributed by atoms with Gasteiger partial charge in [-0.05, 0) is 39.0 Å². The summed E-state index contributed by atoms with van der Waals surface area (Å²) in [5.74, 6) is -0.693. The molecule has 0 aromatic rings. The monoisotopic (exact) mass is 258 g/mol. The van der Waals surface area contributed by atoms with Gasteiger partial charge >= 0.3 is 5.97 Å². The van der Waals surface area contributed by atoms with Crippen LogP contribution in [-0.2, 0) is 14.3 Å². The number of aliphatic carboxylic acids is 1. The van der Waals surface area contributed by atoms with E-state index in [1.165, 1.54) is 6.42 Å². The quantitative estimate of drug-likeness (QED) is 0.644. The molecule has 2 atom stereocenters. The maximum absolute atomic E-state index is 10.3. The second-order valence-electron chi connectivity index (χ2n) is 5.09. The molecule has 1 N–H and O–H groups in total. The number of carboxylic acid groups (broad SMARTS) is 1. The summed E-state index contributed by atoms with van der Waals surface area (Å²) in [6.07, 6.45) is 8.92. The second-order valence-corrected chi connectivity index (χ2v) is 5.09. The van der Waals surface area contributed by atoms with Crippen molar-refractivity contribution in [2.24, 2.45) is 0 Å². The van der Waals surface area contributed by atoms with Gasteiger partial charge in [0.25, 0.3) is 0 Å². The van der Waals surface area contributed by atoms with Gasteiger partial charge in [-0.3, -0.25) is 4.79 Å². The molecule has 1 fully saturated rings. The molecule has 0 saturated carbocycles. The molecule has 0 aromatic heterocycles. The van der Waals surface area contributed by atoms with Crippen LogP contribution in [0.2, 0.25) is 0 Å². The molecule has 18 heavy (non-hydrogen) atoms. The van der Waals surface area contributed by atoms with Gasteiger partial charge in [-0.25, -0.2) is 0 Å². The highest BCUT2D eigenvalue weighted by atomic mass is 16.7. The van der Waals surface area contributed by atoms with Crippen LogP contribution in [0.5, 0.6) is 0 Å². The largest absolute Gasteiger partial charge is 0.481 e. The number of carboxylic acids is 1. The summed E-state index contributed by atoms with van der Waals surface area (Å²) in [6, 6.07) is 0. The molecule has 0 amide bonds. The van der Waals surface area contributed by atoms with Crippen LogP contribution in [-0.4, -0.2) is 30.1 Å². The van der Waals surface area contributed by atoms with Crippen molar-refractivity contribution >= 4 is 5.97 Å². The van der Waals surface area contributed by atoms with E-state index in [0.717, 1.165) is 51.6 Å². The van der Waals surface area contributed by atoms with Crippen LogP contribution in [0.4, 0.5) is 0 Å². The van der Waals surface area contributed by atoms with Crippen molar-refractivity contribution < 1.29 is 19.4 Å². The predicted octanol–water partition coefficient (Wildman–Crippen LogP) is 3.34. The van der Waals surface area contributed by atoms with E-state index in [4.69, 9.17) is 14.6 Å². The van der Waals surface area contributed by atoms with Crippen LogP contribution in [0.3, 0.4) is 0 Å².